The van der Waals surface area contributed by atoms with Crippen molar-refractivity contribution in [3.05, 3.63) is 29.6 Å². The first-order valence-electron chi connectivity index (χ1n) is 6.46. The van der Waals surface area contributed by atoms with Crippen molar-refractivity contribution in [2.45, 2.75) is 12.8 Å². The molecular formula is C13H19FN2O2S. The number of nitrogens with two attached hydrogens (primary N) is 1. The van der Waals surface area contributed by atoms with Crippen LogP contribution in [0.2, 0.25) is 0 Å². The molecule has 0 radical (unpaired) electrons. The lowest BCUT2D eigenvalue weighted by atomic mass is 10.1. The Labute approximate surface area is 113 Å². The zero-order valence-electron chi connectivity index (χ0n) is 10.8. The van der Waals surface area contributed by atoms with Gasteiger partial charge in [0.05, 0.1) is 17.2 Å². The minimum absolute atomic E-state index is 0.0942. The van der Waals surface area contributed by atoms with Gasteiger partial charge in [-0.3, -0.25) is 0 Å². The first-order valence-corrected chi connectivity index (χ1v) is 8.28. The first-order chi connectivity index (χ1) is 9.02. The van der Waals surface area contributed by atoms with E-state index in [1.54, 1.807) is 6.07 Å². The molecule has 0 unspecified atom stereocenters. The van der Waals surface area contributed by atoms with Crippen molar-refractivity contribution in [1.29, 1.82) is 0 Å². The molecule has 0 atom stereocenters. The quantitative estimate of drug-likeness (QED) is 0.898. The summed E-state index contributed by atoms with van der Waals surface area (Å²) in [6.45, 7) is 1.42. The fraction of sp³-hybridized carbons (Fsp3) is 0.538. The van der Waals surface area contributed by atoms with Crippen LogP contribution in [0.15, 0.2) is 18.2 Å². The van der Waals surface area contributed by atoms with Crippen LogP contribution < -0.4 is 10.6 Å². The van der Waals surface area contributed by atoms with Gasteiger partial charge >= 0.3 is 0 Å². The summed E-state index contributed by atoms with van der Waals surface area (Å²) in [6, 6.07) is 5.06. The monoisotopic (exact) mass is 286 g/mol. The lowest BCUT2D eigenvalue weighted by Crippen LogP contribution is -2.27. The molecule has 2 N–H and O–H groups in total. The fourth-order valence-corrected chi connectivity index (χ4v) is 3.58. The van der Waals surface area contributed by atoms with Crippen molar-refractivity contribution < 1.29 is 12.8 Å². The van der Waals surface area contributed by atoms with Gasteiger partial charge in [-0.05, 0) is 37.1 Å². The van der Waals surface area contributed by atoms with Crippen molar-refractivity contribution in [1.82, 2.24) is 0 Å². The van der Waals surface area contributed by atoms with Crippen LogP contribution >= 0.6 is 0 Å². The number of sulfone groups is 1. The van der Waals surface area contributed by atoms with E-state index >= 15 is 0 Å². The summed E-state index contributed by atoms with van der Waals surface area (Å²) in [7, 11) is -2.97. The number of halogens is 1. The molecule has 1 aromatic rings. The van der Waals surface area contributed by atoms with E-state index in [0.717, 1.165) is 5.56 Å². The van der Waals surface area contributed by atoms with Crippen LogP contribution in [-0.2, 0) is 16.3 Å². The largest absolute Gasteiger partial charge is 0.368 e. The highest BCUT2D eigenvalue weighted by atomic mass is 32.2. The molecule has 0 aliphatic carbocycles. The molecule has 1 aliphatic rings. The number of hydrogen-bond donors (Lipinski definition) is 1. The summed E-state index contributed by atoms with van der Waals surface area (Å²) < 4.78 is 37.1. The van der Waals surface area contributed by atoms with Crippen LogP contribution in [0.3, 0.4) is 0 Å². The maximum Gasteiger partial charge on any atom is 0.152 e. The van der Waals surface area contributed by atoms with E-state index in [9.17, 15) is 12.8 Å². The van der Waals surface area contributed by atoms with Gasteiger partial charge in [-0.1, -0.05) is 6.07 Å². The molecule has 1 aliphatic heterocycles. The van der Waals surface area contributed by atoms with E-state index in [1.165, 1.54) is 6.07 Å². The minimum atomic E-state index is -2.97. The summed E-state index contributed by atoms with van der Waals surface area (Å²) in [5.74, 6) is -0.0156. The Kier molecular flexibility index (Phi) is 4.42. The average molecular weight is 286 g/mol. The van der Waals surface area contributed by atoms with Crippen LogP contribution in [0.25, 0.3) is 0 Å². The zero-order chi connectivity index (χ0) is 13.9. The number of benzene rings is 1. The van der Waals surface area contributed by atoms with Crippen molar-refractivity contribution in [3.63, 3.8) is 0 Å². The molecule has 0 saturated carbocycles. The van der Waals surface area contributed by atoms with Crippen molar-refractivity contribution in [2.75, 3.05) is 36.0 Å². The number of hydrogen-bond acceptors (Lipinski definition) is 4. The normalized spacial score (nSPS) is 19.2. The summed E-state index contributed by atoms with van der Waals surface area (Å²) in [5, 5.41) is 0. The highest BCUT2D eigenvalue weighted by Gasteiger charge is 2.21. The van der Waals surface area contributed by atoms with Crippen LogP contribution in [0.5, 0.6) is 0 Å². The Morgan fingerprint density at radius 3 is 2.74 bits per heavy atom. The van der Waals surface area contributed by atoms with Gasteiger partial charge in [0.2, 0.25) is 0 Å². The van der Waals surface area contributed by atoms with Crippen molar-refractivity contribution in [3.8, 4) is 0 Å². The average Bonchev–Trinajstić information content (AvgIpc) is 2.51. The van der Waals surface area contributed by atoms with Crippen LogP contribution in [-0.4, -0.2) is 39.6 Å². The molecule has 0 amide bonds. The van der Waals surface area contributed by atoms with Gasteiger partial charge in [0, 0.05) is 13.1 Å². The molecule has 19 heavy (non-hydrogen) atoms. The second-order valence-electron chi connectivity index (χ2n) is 4.82. The lowest BCUT2D eigenvalue weighted by molar-refractivity contribution is 0.596. The molecule has 4 nitrogen and oxygen atoms in total. The number of nitrogens with zero attached hydrogens (tertiary/aromatic N) is 1. The highest BCUT2D eigenvalue weighted by molar-refractivity contribution is 7.91. The molecule has 1 saturated heterocycles. The molecule has 0 bridgehead atoms. The Hall–Kier alpha value is -1.14. The van der Waals surface area contributed by atoms with Gasteiger partial charge in [0.1, 0.15) is 5.82 Å². The van der Waals surface area contributed by atoms with Crippen LogP contribution in [0.4, 0.5) is 10.1 Å². The first kappa shape index (κ1) is 14.3. The predicted molar refractivity (Wildman–Crippen MR) is 74.6 cm³/mol. The van der Waals surface area contributed by atoms with E-state index in [4.69, 9.17) is 5.73 Å². The van der Waals surface area contributed by atoms with Gasteiger partial charge in [-0.25, -0.2) is 12.8 Å². The van der Waals surface area contributed by atoms with E-state index in [0.29, 0.717) is 38.2 Å². The SMILES string of the molecule is NCCc1ccc(N2CCCS(=O)(=O)CC2)c(F)c1. The highest BCUT2D eigenvalue weighted by Crippen LogP contribution is 2.22. The van der Waals surface area contributed by atoms with E-state index in [1.807, 2.05) is 11.0 Å². The molecule has 0 aromatic heterocycles. The van der Waals surface area contributed by atoms with Gasteiger partial charge < -0.3 is 10.6 Å². The third kappa shape index (κ3) is 3.67. The van der Waals surface area contributed by atoms with Gasteiger partial charge in [0.15, 0.2) is 9.84 Å². The molecule has 1 heterocycles. The molecule has 1 fully saturated rings. The summed E-state index contributed by atoms with van der Waals surface area (Å²) in [4.78, 5) is 1.81. The van der Waals surface area contributed by atoms with Crippen molar-refractivity contribution >= 4 is 15.5 Å². The standard InChI is InChI=1S/C13H19FN2O2S/c14-12-10-11(4-5-15)2-3-13(12)16-6-1-8-19(17,18)9-7-16/h2-3,10H,1,4-9,15H2. The molecule has 2 rings (SSSR count). The second-order valence-corrected chi connectivity index (χ2v) is 7.12. The van der Waals surface area contributed by atoms with E-state index < -0.39 is 9.84 Å². The topological polar surface area (TPSA) is 63.4 Å². The Bertz CT molecular complexity index is 546. The minimum Gasteiger partial charge on any atom is -0.368 e. The third-order valence-corrected chi connectivity index (χ3v) is 5.06. The lowest BCUT2D eigenvalue weighted by Gasteiger charge is -2.23. The van der Waals surface area contributed by atoms with Crippen LogP contribution in [0, 0.1) is 5.82 Å². The van der Waals surface area contributed by atoms with Gasteiger partial charge in [-0.2, -0.15) is 0 Å². The predicted octanol–water partition coefficient (Wildman–Crippen LogP) is 0.952. The van der Waals surface area contributed by atoms with Gasteiger partial charge in [-0.15, -0.1) is 0 Å². The van der Waals surface area contributed by atoms with E-state index in [2.05, 4.69) is 0 Å². The third-order valence-electron chi connectivity index (χ3n) is 3.34. The van der Waals surface area contributed by atoms with Crippen LogP contribution in [0.1, 0.15) is 12.0 Å². The number of rotatable bonds is 3. The smallest absolute Gasteiger partial charge is 0.152 e. The Balaban J connectivity index is 2.17. The molecule has 6 heteroatoms. The maximum atomic E-state index is 14.1. The fourth-order valence-electron chi connectivity index (χ4n) is 2.31. The second kappa shape index (κ2) is 5.88. The summed E-state index contributed by atoms with van der Waals surface area (Å²) >= 11 is 0. The number of anilines is 1. The van der Waals surface area contributed by atoms with Crippen molar-refractivity contribution in [2.24, 2.45) is 5.73 Å². The zero-order valence-corrected chi connectivity index (χ0v) is 11.6. The summed E-state index contributed by atoms with van der Waals surface area (Å²) in [5.41, 5.74) is 6.79. The molecule has 1 aromatic carbocycles. The molecule has 106 valence electrons. The molecule has 0 spiro atoms. The van der Waals surface area contributed by atoms with E-state index in [-0.39, 0.29) is 17.3 Å². The van der Waals surface area contributed by atoms with Gasteiger partial charge in [0.25, 0.3) is 0 Å². The molecular weight excluding hydrogens is 267 g/mol. The maximum absolute atomic E-state index is 14.1. The Morgan fingerprint density at radius 1 is 1.26 bits per heavy atom. The summed E-state index contributed by atoms with van der Waals surface area (Å²) in [6.07, 6.45) is 1.19. The Morgan fingerprint density at radius 2 is 2.05 bits per heavy atom.